The number of aromatic nitrogens is 2. The smallest absolute Gasteiger partial charge is 0.226 e. The van der Waals surface area contributed by atoms with Crippen LogP contribution in [0.4, 0.5) is 11.8 Å². The van der Waals surface area contributed by atoms with E-state index < -0.39 is 0 Å². The first-order valence-corrected chi connectivity index (χ1v) is 8.14. The fourth-order valence-electron chi connectivity index (χ4n) is 2.84. The van der Waals surface area contributed by atoms with Gasteiger partial charge in [0, 0.05) is 58.5 Å². The summed E-state index contributed by atoms with van der Waals surface area (Å²) < 4.78 is 0. The van der Waals surface area contributed by atoms with Crippen LogP contribution in [0, 0.1) is 0 Å². The average Bonchev–Trinajstić information content (AvgIpc) is 2.57. The summed E-state index contributed by atoms with van der Waals surface area (Å²) >= 11 is 0. The molecule has 0 N–H and O–H groups in total. The van der Waals surface area contributed by atoms with Crippen molar-refractivity contribution in [2.75, 3.05) is 57.1 Å². The molecule has 0 saturated carbocycles. The van der Waals surface area contributed by atoms with Crippen molar-refractivity contribution >= 4 is 11.8 Å². The van der Waals surface area contributed by atoms with Crippen molar-refractivity contribution in [2.24, 2.45) is 0 Å². The highest BCUT2D eigenvalue weighted by molar-refractivity contribution is 5.52. The molecule has 3 rings (SSSR count). The number of piperazine rings is 1. The molecule has 23 heavy (non-hydrogen) atoms. The van der Waals surface area contributed by atoms with Crippen molar-refractivity contribution in [1.29, 1.82) is 0 Å². The van der Waals surface area contributed by atoms with E-state index in [1.165, 1.54) is 11.1 Å². The molecule has 1 aromatic carbocycles. The normalized spacial score (nSPS) is 15.7. The van der Waals surface area contributed by atoms with Crippen LogP contribution < -0.4 is 9.80 Å². The highest BCUT2D eigenvalue weighted by atomic mass is 15.3. The first-order valence-electron chi connectivity index (χ1n) is 8.14. The van der Waals surface area contributed by atoms with Crippen LogP contribution in [0.5, 0.6) is 0 Å². The molecule has 5 heteroatoms. The molecule has 2 heterocycles. The second-order valence-corrected chi connectivity index (χ2v) is 6.37. The molecule has 0 amide bonds. The third-order valence-electron chi connectivity index (χ3n) is 4.27. The Hall–Kier alpha value is -2.14. The molecule has 2 aromatic rings. The topological polar surface area (TPSA) is 35.5 Å². The van der Waals surface area contributed by atoms with Crippen LogP contribution in [0.1, 0.15) is 11.1 Å². The summed E-state index contributed by atoms with van der Waals surface area (Å²) in [4.78, 5) is 16.1. The van der Waals surface area contributed by atoms with Gasteiger partial charge in [0.1, 0.15) is 5.82 Å². The summed E-state index contributed by atoms with van der Waals surface area (Å²) in [5.74, 6) is 1.86. The van der Waals surface area contributed by atoms with E-state index in [9.17, 15) is 0 Å². The van der Waals surface area contributed by atoms with Crippen LogP contribution in [0.25, 0.3) is 0 Å². The number of rotatable bonds is 4. The van der Waals surface area contributed by atoms with Crippen molar-refractivity contribution in [3.8, 4) is 0 Å². The minimum absolute atomic E-state index is 0.774. The fraction of sp³-hybridized carbons (Fsp3) is 0.444. The molecule has 0 atom stereocenters. The molecule has 1 saturated heterocycles. The summed E-state index contributed by atoms with van der Waals surface area (Å²) in [6, 6.07) is 10.5. The van der Waals surface area contributed by atoms with Crippen LogP contribution >= 0.6 is 0 Å². The monoisotopic (exact) mass is 311 g/mol. The third-order valence-corrected chi connectivity index (χ3v) is 4.27. The Morgan fingerprint density at radius 1 is 1.04 bits per heavy atom. The summed E-state index contributed by atoms with van der Waals surface area (Å²) in [6.45, 7) is 4.18. The Balaban J connectivity index is 1.91. The van der Waals surface area contributed by atoms with Crippen LogP contribution in [0.2, 0.25) is 0 Å². The van der Waals surface area contributed by atoms with Gasteiger partial charge in [0.2, 0.25) is 5.95 Å². The van der Waals surface area contributed by atoms with Gasteiger partial charge < -0.3 is 14.7 Å². The van der Waals surface area contributed by atoms with Crippen molar-refractivity contribution in [1.82, 2.24) is 14.9 Å². The van der Waals surface area contributed by atoms with Crippen molar-refractivity contribution in [2.45, 2.75) is 6.42 Å². The molecule has 122 valence electrons. The zero-order valence-electron chi connectivity index (χ0n) is 14.2. The van der Waals surface area contributed by atoms with Gasteiger partial charge in [-0.2, -0.15) is 4.98 Å². The third kappa shape index (κ3) is 3.79. The lowest BCUT2D eigenvalue weighted by Crippen LogP contribution is -2.45. The highest BCUT2D eigenvalue weighted by Crippen LogP contribution is 2.23. The average molecular weight is 311 g/mol. The first kappa shape index (κ1) is 15.7. The van der Waals surface area contributed by atoms with Gasteiger partial charge in [0.15, 0.2) is 0 Å². The van der Waals surface area contributed by atoms with E-state index >= 15 is 0 Å². The number of nitrogens with zero attached hydrogens (tertiary/aromatic N) is 5. The Kier molecular flexibility index (Phi) is 4.76. The standard InChI is InChI=1S/C18H25N5/c1-21(2)18-19-14-16(13-15-7-5-4-6-8-15)17(20-18)23-11-9-22(3)10-12-23/h4-8,14H,9-13H2,1-3H3. The quantitative estimate of drug-likeness (QED) is 0.861. The molecule has 0 radical (unpaired) electrons. The highest BCUT2D eigenvalue weighted by Gasteiger charge is 2.20. The van der Waals surface area contributed by atoms with Gasteiger partial charge in [-0.1, -0.05) is 30.3 Å². The molecule has 1 fully saturated rings. The molecule has 0 aliphatic carbocycles. The lowest BCUT2D eigenvalue weighted by Gasteiger charge is -2.34. The summed E-state index contributed by atoms with van der Waals surface area (Å²) in [6.07, 6.45) is 2.86. The molecule has 1 aliphatic heterocycles. The number of anilines is 2. The van der Waals surface area contributed by atoms with E-state index in [0.29, 0.717) is 0 Å². The number of hydrogen-bond acceptors (Lipinski definition) is 5. The van der Waals surface area contributed by atoms with E-state index in [1.807, 2.05) is 25.2 Å². The molecular weight excluding hydrogens is 286 g/mol. The Morgan fingerprint density at radius 2 is 1.74 bits per heavy atom. The summed E-state index contributed by atoms with van der Waals surface area (Å²) in [5, 5.41) is 0. The van der Waals surface area contributed by atoms with Crippen LogP contribution in [0.3, 0.4) is 0 Å². The predicted molar refractivity (Wildman–Crippen MR) is 95.3 cm³/mol. The van der Waals surface area contributed by atoms with Crippen LogP contribution in [-0.2, 0) is 6.42 Å². The molecular formula is C18H25N5. The lowest BCUT2D eigenvalue weighted by atomic mass is 10.1. The second-order valence-electron chi connectivity index (χ2n) is 6.37. The predicted octanol–water partition coefficient (Wildman–Crippen LogP) is 1.89. The summed E-state index contributed by atoms with van der Waals surface area (Å²) in [7, 11) is 6.15. The summed E-state index contributed by atoms with van der Waals surface area (Å²) in [5.41, 5.74) is 2.50. The first-order chi connectivity index (χ1) is 11.1. The fourth-order valence-corrected chi connectivity index (χ4v) is 2.84. The Bertz CT molecular complexity index is 633. The van der Waals surface area contributed by atoms with Gasteiger partial charge in [-0.25, -0.2) is 4.98 Å². The zero-order valence-corrected chi connectivity index (χ0v) is 14.2. The van der Waals surface area contributed by atoms with E-state index in [-0.39, 0.29) is 0 Å². The second kappa shape index (κ2) is 6.96. The maximum Gasteiger partial charge on any atom is 0.226 e. The number of likely N-dealkylation sites (N-methyl/N-ethyl adjacent to an activating group) is 1. The Morgan fingerprint density at radius 3 is 2.39 bits per heavy atom. The molecule has 1 aromatic heterocycles. The molecule has 0 unspecified atom stereocenters. The van der Waals surface area contributed by atoms with Gasteiger partial charge in [-0.3, -0.25) is 0 Å². The van der Waals surface area contributed by atoms with Gasteiger partial charge in [0.05, 0.1) is 0 Å². The SMILES string of the molecule is CN1CCN(c2nc(N(C)C)ncc2Cc2ccccc2)CC1. The van der Waals surface area contributed by atoms with Crippen LogP contribution in [-0.4, -0.2) is 62.2 Å². The van der Waals surface area contributed by atoms with E-state index in [4.69, 9.17) is 4.98 Å². The minimum Gasteiger partial charge on any atom is -0.354 e. The zero-order chi connectivity index (χ0) is 16.2. The van der Waals surface area contributed by atoms with E-state index in [1.54, 1.807) is 0 Å². The van der Waals surface area contributed by atoms with E-state index in [0.717, 1.165) is 44.4 Å². The van der Waals surface area contributed by atoms with Gasteiger partial charge >= 0.3 is 0 Å². The van der Waals surface area contributed by atoms with Crippen molar-refractivity contribution in [3.05, 3.63) is 47.7 Å². The van der Waals surface area contributed by atoms with Gasteiger partial charge in [-0.15, -0.1) is 0 Å². The largest absolute Gasteiger partial charge is 0.354 e. The minimum atomic E-state index is 0.774. The number of hydrogen-bond donors (Lipinski definition) is 0. The maximum absolute atomic E-state index is 4.84. The maximum atomic E-state index is 4.84. The van der Waals surface area contributed by atoms with E-state index in [2.05, 4.69) is 52.2 Å². The molecule has 0 bridgehead atoms. The Labute approximate surface area is 138 Å². The molecule has 5 nitrogen and oxygen atoms in total. The van der Waals surface area contributed by atoms with Crippen LogP contribution in [0.15, 0.2) is 36.5 Å². The molecule has 1 aliphatic rings. The van der Waals surface area contributed by atoms with Crippen molar-refractivity contribution < 1.29 is 0 Å². The molecule has 0 spiro atoms. The lowest BCUT2D eigenvalue weighted by molar-refractivity contribution is 0.312. The van der Waals surface area contributed by atoms with Gasteiger partial charge in [0.25, 0.3) is 0 Å². The van der Waals surface area contributed by atoms with Gasteiger partial charge in [-0.05, 0) is 12.6 Å². The van der Waals surface area contributed by atoms with Crippen molar-refractivity contribution in [3.63, 3.8) is 0 Å². The number of benzene rings is 1.